The highest BCUT2D eigenvalue weighted by Crippen LogP contribution is 2.32. The summed E-state index contributed by atoms with van der Waals surface area (Å²) < 4.78 is 5.03. The summed E-state index contributed by atoms with van der Waals surface area (Å²) in [4.78, 5) is 26.5. The molecule has 2 N–H and O–H groups in total. The zero-order chi connectivity index (χ0) is 20.4. The molecule has 0 spiro atoms. The van der Waals surface area contributed by atoms with E-state index in [1.807, 2.05) is 48.5 Å². The number of aryl methyl sites for hydroxylation is 1. The molecular weight excluding hydrogens is 368 g/mol. The van der Waals surface area contributed by atoms with Crippen molar-refractivity contribution in [1.29, 1.82) is 0 Å². The van der Waals surface area contributed by atoms with E-state index in [1.54, 1.807) is 24.8 Å². The second kappa shape index (κ2) is 7.79. The molecule has 7 heteroatoms. The molecule has 1 aliphatic heterocycles. The number of nitrogens with zero attached hydrogens (tertiary/aromatic N) is 2. The van der Waals surface area contributed by atoms with E-state index >= 15 is 0 Å². The zero-order valence-corrected chi connectivity index (χ0v) is 16.3. The maximum atomic E-state index is 13.0. The SMILES string of the molecule is CC(=O)N1CCc2cc(NC(C(=O)Nc3cc(C)on3)c3ccccc3)ccc21. The maximum absolute atomic E-state index is 13.0. The van der Waals surface area contributed by atoms with Gasteiger partial charge in [0.1, 0.15) is 11.8 Å². The van der Waals surface area contributed by atoms with Crippen molar-refractivity contribution in [1.82, 2.24) is 5.16 Å². The topological polar surface area (TPSA) is 87.5 Å². The van der Waals surface area contributed by atoms with Crippen LogP contribution in [-0.2, 0) is 16.0 Å². The number of fused-ring (bicyclic) bond motifs is 1. The average molecular weight is 390 g/mol. The molecule has 2 aromatic carbocycles. The molecule has 148 valence electrons. The Kier molecular flexibility index (Phi) is 5.03. The van der Waals surface area contributed by atoms with Gasteiger partial charge in [-0.15, -0.1) is 0 Å². The number of nitrogens with one attached hydrogen (secondary N) is 2. The largest absolute Gasteiger partial charge is 0.370 e. The fourth-order valence-electron chi connectivity index (χ4n) is 3.55. The number of carbonyl (C=O) groups is 2. The third-order valence-corrected chi connectivity index (χ3v) is 4.94. The van der Waals surface area contributed by atoms with Crippen molar-refractivity contribution in [3.63, 3.8) is 0 Å². The van der Waals surface area contributed by atoms with Gasteiger partial charge < -0.3 is 20.1 Å². The van der Waals surface area contributed by atoms with Crippen LogP contribution in [0.15, 0.2) is 59.1 Å². The lowest BCUT2D eigenvalue weighted by Gasteiger charge is -2.20. The summed E-state index contributed by atoms with van der Waals surface area (Å²) in [5, 5.41) is 9.96. The highest BCUT2D eigenvalue weighted by molar-refractivity contribution is 5.97. The monoisotopic (exact) mass is 390 g/mol. The van der Waals surface area contributed by atoms with Crippen molar-refractivity contribution in [2.45, 2.75) is 26.3 Å². The molecule has 7 nitrogen and oxygen atoms in total. The minimum atomic E-state index is -0.614. The Morgan fingerprint density at radius 2 is 1.93 bits per heavy atom. The summed E-state index contributed by atoms with van der Waals surface area (Å²) in [5.74, 6) is 0.795. The summed E-state index contributed by atoms with van der Waals surface area (Å²) in [7, 11) is 0. The molecule has 0 saturated heterocycles. The molecule has 1 aliphatic rings. The van der Waals surface area contributed by atoms with Crippen LogP contribution in [0.2, 0.25) is 0 Å². The molecule has 3 aromatic rings. The van der Waals surface area contributed by atoms with Crippen molar-refractivity contribution in [2.75, 3.05) is 22.1 Å². The Morgan fingerprint density at radius 3 is 2.62 bits per heavy atom. The summed E-state index contributed by atoms with van der Waals surface area (Å²) in [6, 6.07) is 16.4. The van der Waals surface area contributed by atoms with Crippen LogP contribution in [0.4, 0.5) is 17.2 Å². The first kappa shape index (κ1) is 18.7. The number of amides is 2. The highest BCUT2D eigenvalue weighted by atomic mass is 16.5. The quantitative estimate of drug-likeness (QED) is 0.694. The number of benzene rings is 2. The summed E-state index contributed by atoms with van der Waals surface area (Å²) in [6.45, 7) is 4.02. The van der Waals surface area contributed by atoms with Gasteiger partial charge in [0.25, 0.3) is 5.91 Å². The van der Waals surface area contributed by atoms with E-state index in [1.165, 1.54) is 0 Å². The number of carbonyl (C=O) groups excluding carboxylic acids is 2. The normalized spacial score (nSPS) is 13.7. The van der Waals surface area contributed by atoms with E-state index in [2.05, 4.69) is 15.8 Å². The Balaban J connectivity index is 1.59. The van der Waals surface area contributed by atoms with Gasteiger partial charge in [-0.3, -0.25) is 9.59 Å². The van der Waals surface area contributed by atoms with Crippen LogP contribution in [0.3, 0.4) is 0 Å². The van der Waals surface area contributed by atoms with Gasteiger partial charge in [-0.1, -0.05) is 35.5 Å². The van der Waals surface area contributed by atoms with Gasteiger partial charge in [0.2, 0.25) is 5.91 Å². The number of hydrogen-bond acceptors (Lipinski definition) is 5. The van der Waals surface area contributed by atoms with Crippen LogP contribution in [0.1, 0.15) is 29.9 Å². The van der Waals surface area contributed by atoms with Crippen LogP contribution in [0, 0.1) is 6.92 Å². The third kappa shape index (κ3) is 3.99. The van der Waals surface area contributed by atoms with E-state index in [9.17, 15) is 9.59 Å². The van der Waals surface area contributed by atoms with Crippen molar-refractivity contribution in [3.8, 4) is 0 Å². The lowest BCUT2D eigenvalue weighted by molar-refractivity contribution is -0.117. The fourth-order valence-corrected chi connectivity index (χ4v) is 3.55. The van der Waals surface area contributed by atoms with Crippen molar-refractivity contribution in [3.05, 3.63) is 71.5 Å². The van der Waals surface area contributed by atoms with Crippen molar-refractivity contribution < 1.29 is 14.1 Å². The minimum Gasteiger partial charge on any atom is -0.370 e. The minimum absolute atomic E-state index is 0.0360. The van der Waals surface area contributed by atoms with Crippen molar-refractivity contribution >= 4 is 29.0 Å². The molecule has 0 bridgehead atoms. The van der Waals surface area contributed by atoms with Gasteiger partial charge in [-0.05, 0) is 42.7 Å². The van der Waals surface area contributed by atoms with E-state index in [-0.39, 0.29) is 11.8 Å². The van der Waals surface area contributed by atoms with E-state index in [0.717, 1.165) is 28.9 Å². The summed E-state index contributed by atoms with van der Waals surface area (Å²) in [6.07, 6.45) is 0.796. The number of hydrogen-bond donors (Lipinski definition) is 2. The molecule has 2 amide bonds. The van der Waals surface area contributed by atoms with E-state index in [0.29, 0.717) is 18.1 Å². The number of anilines is 3. The second-order valence-corrected chi connectivity index (χ2v) is 7.06. The zero-order valence-electron chi connectivity index (χ0n) is 16.3. The molecule has 29 heavy (non-hydrogen) atoms. The molecule has 4 rings (SSSR count). The molecule has 0 saturated carbocycles. The Morgan fingerprint density at radius 1 is 1.14 bits per heavy atom. The molecule has 1 aromatic heterocycles. The first-order chi connectivity index (χ1) is 14.0. The molecule has 0 radical (unpaired) electrons. The van der Waals surface area contributed by atoms with Gasteiger partial charge in [-0.2, -0.15) is 0 Å². The maximum Gasteiger partial charge on any atom is 0.252 e. The fraction of sp³-hybridized carbons (Fsp3) is 0.227. The van der Waals surface area contributed by atoms with Crippen molar-refractivity contribution in [2.24, 2.45) is 0 Å². The number of aromatic nitrogens is 1. The van der Waals surface area contributed by atoms with Gasteiger partial charge in [0.05, 0.1) is 0 Å². The van der Waals surface area contributed by atoms with Gasteiger partial charge in [-0.25, -0.2) is 0 Å². The molecule has 1 atom stereocenters. The van der Waals surface area contributed by atoms with Crippen LogP contribution >= 0.6 is 0 Å². The molecule has 1 unspecified atom stereocenters. The Bertz CT molecular complexity index is 1050. The molecule has 0 fully saturated rings. The number of rotatable bonds is 5. The molecule has 0 aliphatic carbocycles. The standard InChI is InChI=1S/C22H22N4O3/c1-14-12-20(25-29-14)24-22(28)21(16-6-4-3-5-7-16)23-18-8-9-19-17(13-18)10-11-26(19)15(2)27/h3-9,12-13,21,23H,10-11H2,1-2H3,(H,24,25,28). The lowest BCUT2D eigenvalue weighted by Crippen LogP contribution is -2.27. The first-order valence-electron chi connectivity index (χ1n) is 9.48. The van der Waals surface area contributed by atoms with Gasteiger partial charge >= 0.3 is 0 Å². The second-order valence-electron chi connectivity index (χ2n) is 7.06. The first-order valence-corrected chi connectivity index (χ1v) is 9.48. The van der Waals surface area contributed by atoms with E-state index < -0.39 is 6.04 Å². The van der Waals surface area contributed by atoms with Crippen LogP contribution < -0.4 is 15.5 Å². The van der Waals surface area contributed by atoms with Crippen LogP contribution in [-0.4, -0.2) is 23.5 Å². The molecular formula is C22H22N4O3. The highest BCUT2D eigenvalue weighted by Gasteiger charge is 2.25. The summed E-state index contributed by atoms with van der Waals surface area (Å²) in [5.41, 5.74) is 3.66. The average Bonchev–Trinajstić information content (AvgIpc) is 3.32. The molecule has 2 heterocycles. The van der Waals surface area contributed by atoms with E-state index in [4.69, 9.17) is 4.52 Å². The third-order valence-electron chi connectivity index (χ3n) is 4.94. The van der Waals surface area contributed by atoms with Crippen LogP contribution in [0.25, 0.3) is 0 Å². The summed E-state index contributed by atoms with van der Waals surface area (Å²) >= 11 is 0. The van der Waals surface area contributed by atoms with Gasteiger partial charge in [0.15, 0.2) is 5.82 Å². The smallest absolute Gasteiger partial charge is 0.252 e. The van der Waals surface area contributed by atoms with Crippen LogP contribution in [0.5, 0.6) is 0 Å². The Labute approximate surface area is 168 Å². The lowest BCUT2D eigenvalue weighted by atomic mass is 10.0. The van der Waals surface area contributed by atoms with Gasteiger partial charge in [0, 0.05) is 30.9 Å². The predicted molar refractivity (Wildman–Crippen MR) is 111 cm³/mol. The Hall–Kier alpha value is -3.61. The predicted octanol–water partition coefficient (Wildman–Crippen LogP) is 3.68.